The van der Waals surface area contributed by atoms with Crippen LogP contribution in [0.2, 0.25) is 5.02 Å². The third-order valence-electron chi connectivity index (χ3n) is 3.69. The molecule has 0 N–H and O–H groups in total. The molecule has 0 saturated carbocycles. The van der Waals surface area contributed by atoms with Gasteiger partial charge in [0.1, 0.15) is 15.6 Å². The molecular weight excluding hydrogens is 310 g/mol. The summed E-state index contributed by atoms with van der Waals surface area (Å²) in [6.07, 6.45) is 3.48. The van der Waals surface area contributed by atoms with Crippen molar-refractivity contribution in [3.05, 3.63) is 29.3 Å². The van der Waals surface area contributed by atoms with Crippen LogP contribution in [0.1, 0.15) is 12.8 Å². The lowest BCUT2D eigenvalue weighted by atomic mass is 9.99. The average molecular weight is 332 g/mol. The van der Waals surface area contributed by atoms with Crippen molar-refractivity contribution >= 4 is 21.4 Å². The molecule has 0 radical (unpaired) electrons. The third kappa shape index (κ3) is 5.85. The number of sulfone groups is 1. The van der Waals surface area contributed by atoms with Crippen LogP contribution in [0.25, 0.3) is 0 Å². The summed E-state index contributed by atoms with van der Waals surface area (Å²) in [6, 6.07) is 7.46. The van der Waals surface area contributed by atoms with Crippen LogP contribution in [0.15, 0.2) is 24.3 Å². The van der Waals surface area contributed by atoms with Gasteiger partial charge in [0.05, 0.1) is 17.4 Å². The van der Waals surface area contributed by atoms with Gasteiger partial charge in [0, 0.05) is 25.3 Å². The van der Waals surface area contributed by atoms with Crippen LogP contribution in [0.4, 0.5) is 0 Å². The highest BCUT2D eigenvalue weighted by atomic mass is 35.5. The summed E-state index contributed by atoms with van der Waals surface area (Å²) in [5.74, 6) is 1.37. The van der Waals surface area contributed by atoms with Gasteiger partial charge in [-0.1, -0.05) is 23.7 Å². The van der Waals surface area contributed by atoms with Crippen LogP contribution >= 0.6 is 11.6 Å². The minimum Gasteiger partial charge on any atom is -0.492 e. The Hall–Kier alpha value is -0.780. The van der Waals surface area contributed by atoms with Gasteiger partial charge in [-0.05, 0) is 31.5 Å². The zero-order valence-electron chi connectivity index (χ0n) is 12.3. The molecule has 0 bridgehead atoms. The lowest BCUT2D eigenvalue weighted by Crippen LogP contribution is -2.40. The van der Waals surface area contributed by atoms with Crippen LogP contribution in [-0.2, 0) is 9.84 Å². The molecule has 1 atom stereocenters. The molecule has 1 fully saturated rings. The van der Waals surface area contributed by atoms with E-state index in [1.807, 2.05) is 24.3 Å². The van der Waals surface area contributed by atoms with Gasteiger partial charge < -0.3 is 9.64 Å². The third-order valence-corrected chi connectivity index (χ3v) is 4.93. The van der Waals surface area contributed by atoms with Crippen molar-refractivity contribution in [3.63, 3.8) is 0 Å². The average Bonchev–Trinajstić information content (AvgIpc) is 2.44. The summed E-state index contributed by atoms with van der Waals surface area (Å²) >= 11 is 6.07. The molecule has 1 aliphatic rings. The van der Waals surface area contributed by atoms with E-state index < -0.39 is 9.84 Å². The minimum absolute atomic E-state index is 0.227. The summed E-state index contributed by atoms with van der Waals surface area (Å²) < 4.78 is 28.3. The Balaban J connectivity index is 1.80. The molecule has 1 unspecified atom stereocenters. The Morgan fingerprint density at radius 3 is 2.86 bits per heavy atom. The van der Waals surface area contributed by atoms with Crippen LogP contribution in [0, 0.1) is 5.92 Å². The van der Waals surface area contributed by atoms with Gasteiger partial charge in [-0.2, -0.15) is 0 Å². The quantitative estimate of drug-likeness (QED) is 0.803. The van der Waals surface area contributed by atoms with Crippen molar-refractivity contribution in [1.82, 2.24) is 4.90 Å². The Kier molecular flexibility index (Phi) is 5.90. The van der Waals surface area contributed by atoms with Gasteiger partial charge in [0.2, 0.25) is 0 Å². The van der Waals surface area contributed by atoms with Crippen molar-refractivity contribution < 1.29 is 13.2 Å². The number of benzene rings is 1. The summed E-state index contributed by atoms with van der Waals surface area (Å²) in [5.41, 5.74) is 0. The summed E-state index contributed by atoms with van der Waals surface area (Å²) in [4.78, 5) is 2.21. The molecule has 1 aromatic rings. The second-order valence-electron chi connectivity index (χ2n) is 5.68. The van der Waals surface area contributed by atoms with Gasteiger partial charge >= 0.3 is 0 Å². The number of piperidine rings is 1. The molecule has 118 valence electrons. The van der Waals surface area contributed by atoms with Gasteiger partial charge in [-0.3, -0.25) is 0 Å². The van der Waals surface area contributed by atoms with Gasteiger partial charge in [-0.25, -0.2) is 8.42 Å². The number of halogens is 1. The van der Waals surface area contributed by atoms with Crippen molar-refractivity contribution in [2.24, 2.45) is 5.92 Å². The number of ether oxygens (including phenoxy) is 1. The molecule has 21 heavy (non-hydrogen) atoms. The van der Waals surface area contributed by atoms with Crippen LogP contribution in [0.5, 0.6) is 5.75 Å². The van der Waals surface area contributed by atoms with Gasteiger partial charge in [-0.15, -0.1) is 0 Å². The number of rotatable bonds is 6. The fourth-order valence-electron chi connectivity index (χ4n) is 2.55. The second kappa shape index (κ2) is 7.47. The minimum atomic E-state index is -2.89. The molecule has 0 amide bonds. The highest BCUT2D eigenvalue weighted by molar-refractivity contribution is 7.90. The maximum atomic E-state index is 11.2. The fourth-order valence-corrected chi connectivity index (χ4v) is 3.33. The Labute approximate surface area is 132 Å². The van der Waals surface area contributed by atoms with Crippen LogP contribution in [0.3, 0.4) is 0 Å². The van der Waals surface area contributed by atoms with E-state index in [0.717, 1.165) is 25.9 Å². The normalized spacial score (nSPS) is 20.4. The van der Waals surface area contributed by atoms with E-state index >= 15 is 0 Å². The smallest absolute Gasteiger partial charge is 0.148 e. The zero-order chi connectivity index (χ0) is 15.3. The predicted octanol–water partition coefficient (Wildman–Crippen LogP) is 2.48. The standard InChI is InChI=1S/C15H22ClNO3S/c1-21(18,19)10-9-17-8-4-5-13(11-17)12-20-15-7-3-2-6-14(15)16/h2-3,6-7,13H,4-5,8-12H2,1H3. The maximum Gasteiger partial charge on any atom is 0.148 e. The van der Waals surface area contributed by atoms with E-state index in [-0.39, 0.29) is 5.75 Å². The molecule has 1 aliphatic heterocycles. The summed E-state index contributed by atoms with van der Waals surface area (Å²) in [5, 5.41) is 0.627. The van der Waals surface area contributed by atoms with E-state index in [1.54, 1.807) is 0 Å². The second-order valence-corrected chi connectivity index (χ2v) is 8.35. The highest BCUT2D eigenvalue weighted by Crippen LogP contribution is 2.25. The lowest BCUT2D eigenvalue weighted by Gasteiger charge is -2.32. The van der Waals surface area contributed by atoms with E-state index in [9.17, 15) is 8.42 Å². The lowest BCUT2D eigenvalue weighted by molar-refractivity contribution is 0.135. The number of hydrogen-bond acceptors (Lipinski definition) is 4. The van der Waals surface area contributed by atoms with Crippen molar-refractivity contribution in [2.45, 2.75) is 12.8 Å². The monoisotopic (exact) mass is 331 g/mol. The first-order valence-electron chi connectivity index (χ1n) is 7.21. The first-order valence-corrected chi connectivity index (χ1v) is 9.65. The first kappa shape index (κ1) is 16.6. The van der Waals surface area contributed by atoms with E-state index in [4.69, 9.17) is 16.3 Å². The summed E-state index contributed by atoms with van der Waals surface area (Å²) in [7, 11) is -2.89. The predicted molar refractivity (Wildman–Crippen MR) is 85.8 cm³/mol. The zero-order valence-corrected chi connectivity index (χ0v) is 13.9. The number of hydrogen-bond donors (Lipinski definition) is 0. The van der Waals surface area contributed by atoms with Crippen LogP contribution in [-0.4, -0.2) is 51.6 Å². The molecule has 1 saturated heterocycles. The van der Waals surface area contributed by atoms with E-state index in [2.05, 4.69) is 4.90 Å². The first-order chi connectivity index (χ1) is 9.94. The van der Waals surface area contributed by atoms with Gasteiger partial charge in [0.15, 0.2) is 0 Å². The number of para-hydroxylation sites is 1. The summed E-state index contributed by atoms with van der Waals surface area (Å²) in [6.45, 7) is 3.10. The van der Waals surface area contributed by atoms with Crippen molar-refractivity contribution in [3.8, 4) is 5.75 Å². The molecule has 4 nitrogen and oxygen atoms in total. The molecule has 2 rings (SSSR count). The molecule has 1 aromatic carbocycles. The van der Waals surface area contributed by atoms with Gasteiger partial charge in [0.25, 0.3) is 0 Å². The fraction of sp³-hybridized carbons (Fsp3) is 0.600. The molecule has 0 aromatic heterocycles. The molecule has 0 spiro atoms. The van der Waals surface area contributed by atoms with E-state index in [1.165, 1.54) is 6.26 Å². The van der Waals surface area contributed by atoms with Crippen molar-refractivity contribution in [2.75, 3.05) is 38.2 Å². The Morgan fingerprint density at radius 1 is 1.38 bits per heavy atom. The molecular formula is C15H22ClNO3S. The largest absolute Gasteiger partial charge is 0.492 e. The Bertz CT molecular complexity index is 562. The number of nitrogens with zero attached hydrogens (tertiary/aromatic N) is 1. The van der Waals surface area contributed by atoms with E-state index in [0.29, 0.717) is 29.8 Å². The molecule has 1 heterocycles. The highest BCUT2D eigenvalue weighted by Gasteiger charge is 2.21. The molecule has 0 aliphatic carbocycles. The van der Waals surface area contributed by atoms with Crippen LogP contribution < -0.4 is 4.74 Å². The topological polar surface area (TPSA) is 46.6 Å². The Morgan fingerprint density at radius 2 is 2.14 bits per heavy atom. The number of likely N-dealkylation sites (tertiary alicyclic amines) is 1. The molecule has 6 heteroatoms. The van der Waals surface area contributed by atoms with Crippen molar-refractivity contribution in [1.29, 1.82) is 0 Å². The maximum absolute atomic E-state index is 11.2. The SMILES string of the molecule is CS(=O)(=O)CCN1CCCC(COc2ccccc2Cl)C1.